The van der Waals surface area contributed by atoms with Crippen LogP contribution in [-0.2, 0) is 0 Å². The highest BCUT2D eigenvalue weighted by Crippen LogP contribution is 2.20. The van der Waals surface area contributed by atoms with E-state index < -0.39 is 23.2 Å². The average Bonchev–Trinajstić information content (AvgIpc) is 2.87. The standard InChI is InChI=1S/C13H15F2N5O/c1-7(2)20-6-9(5-17-20)18-13(21)8-3-10(14)12(19-16)11(15)4-8/h3-7,19H,16H2,1-2H3,(H,18,21). The molecule has 1 aromatic heterocycles. The summed E-state index contributed by atoms with van der Waals surface area (Å²) in [6, 6.07) is 1.95. The number of nitrogens with two attached hydrogens (primary N) is 1. The second-order valence-electron chi connectivity index (χ2n) is 4.72. The molecule has 1 amide bonds. The molecule has 6 nitrogen and oxygen atoms in total. The summed E-state index contributed by atoms with van der Waals surface area (Å²) in [4.78, 5) is 12.0. The maximum Gasteiger partial charge on any atom is 0.255 e. The number of aromatic nitrogens is 2. The lowest BCUT2D eigenvalue weighted by Gasteiger charge is -2.07. The molecular formula is C13H15F2N5O. The van der Waals surface area contributed by atoms with Crippen LogP contribution in [0.15, 0.2) is 24.5 Å². The molecule has 0 saturated heterocycles. The van der Waals surface area contributed by atoms with Crippen molar-refractivity contribution in [2.75, 3.05) is 10.7 Å². The number of carbonyl (C=O) groups excluding carboxylic acids is 1. The minimum atomic E-state index is -0.944. The monoisotopic (exact) mass is 295 g/mol. The van der Waals surface area contributed by atoms with Gasteiger partial charge in [-0.05, 0) is 26.0 Å². The van der Waals surface area contributed by atoms with Gasteiger partial charge in [0, 0.05) is 17.8 Å². The van der Waals surface area contributed by atoms with E-state index in [2.05, 4.69) is 10.4 Å². The summed E-state index contributed by atoms with van der Waals surface area (Å²) in [5.74, 6) is 2.46. The molecule has 21 heavy (non-hydrogen) atoms. The highest BCUT2D eigenvalue weighted by atomic mass is 19.1. The van der Waals surface area contributed by atoms with Crippen LogP contribution < -0.4 is 16.6 Å². The van der Waals surface area contributed by atoms with Gasteiger partial charge < -0.3 is 10.7 Å². The van der Waals surface area contributed by atoms with Crippen LogP contribution in [0.5, 0.6) is 0 Å². The third-order valence-electron chi connectivity index (χ3n) is 2.84. The number of benzene rings is 1. The van der Waals surface area contributed by atoms with Crippen LogP contribution in [0.4, 0.5) is 20.2 Å². The van der Waals surface area contributed by atoms with Crippen molar-refractivity contribution in [3.63, 3.8) is 0 Å². The maximum absolute atomic E-state index is 13.5. The van der Waals surface area contributed by atoms with Gasteiger partial charge in [0.25, 0.3) is 5.91 Å². The molecule has 0 saturated carbocycles. The number of amides is 1. The molecule has 2 aromatic rings. The minimum absolute atomic E-state index is 0.139. The molecule has 1 heterocycles. The zero-order valence-corrected chi connectivity index (χ0v) is 11.5. The molecule has 0 aliphatic carbocycles. The second-order valence-corrected chi connectivity index (χ2v) is 4.72. The summed E-state index contributed by atoms with van der Waals surface area (Å²) < 4.78 is 28.7. The van der Waals surface area contributed by atoms with E-state index in [0.717, 1.165) is 12.1 Å². The van der Waals surface area contributed by atoms with E-state index in [4.69, 9.17) is 5.84 Å². The van der Waals surface area contributed by atoms with E-state index in [1.807, 2.05) is 19.3 Å². The third kappa shape index (κ3) is 3.16. The number of nitrogens with zero attached hydrogens (tertiary/aromatic N) is 2. The van der Waals surface area contributed by atoms with E-state index in [1.165, 1.54) is 6.20 Å². The minimum Gasteiger partial charge on any atom is -0.319 e. The first-order valence-corrected chi connectivity index (χ1v) is 6.23. The predicted molar refractivity (Wildman–Crippen MR) is 74.7 cm³/mol. The Morgan fingerprint density at radius 2 is 1.95 bits per heavy atom. The SMILES string of the molecule is CC(C)n1cc(NC(=O)c2cc(F)c(NN)c(F)c2)cn1. The largest absolute Gasteiger partial charge is 0.319 e. The van der Waals surface area contributed by atoms with Crippen LogP contribution in [0.3, 0.4) is 0 Å². The summed E-state index contributed by atoms with van der Waals surface area (Å²) in [6.45, 7) is 3.86. The molecule has 0 fully saturated rings. The first-order valence-electron chi connectivity index (χ1n) is 6.23. The second kappa shape index (κ2) is 5.88. The van der Waals surface area contributed by atoms with Crippen LogP contribution in [0.1, 0.15) is 30.2 Å². The number of hydrogen-bond acceptors (Lipinski definition) is 4. The van der Waals surface area contributed by atoms with E-state index in [9.17, 15) is 13.6 Å². The zero-order chi connectivity index (χ0) is 15.6. The van der Waals surface area contributed by atoms with Crippen LogP contribution >= 0.6 is 0 Å². The predicted octanol–water partition coefficient (Wildman–Crippen LogP) is 2.28. The quantitative estimate of drug-likeness (QED) is 0.597. The number of hydrazine groups is 1. The first kappa shape index (κ1) is 14.9. The van der Waals surface area contributed by atoms with E-state index in [0.29, 0.717) is 5.69 Å². The Hall–Kier alpha value is -2.48. The van der Waals surface area contributed by atoms with Gasteiger partial charge in [-0.3, -0.25) is 15.3 Å². The molecule has 0 aliphatic rings. The van der Waals surface area contributed by atoms with Gasteiger partial charge in [-0.1, -0.05) is 0 Å². The van der Waals surface area contributed by atoms with Gasteiger partial charge in [0.05, 0.1) is 11.9 Å². The van der Waals surface area contributed by atoms with Gasteiger partial charge >= 0.3 is 0 Å². The number of carbonyl (C=O) groups is 1. The topological polar surface area (TPSA) is 85.0 Å². The van der Waals surface area contributed by atoms with Crippen molar-refractivity contribution in [3.05, 3.63) is 41.7 Å². The van der Waals surface area contributed by atoms with Gasteiger partial charge in [-0.15, -0.1) is 0 Å². The molecule has 0 bridgehead atoms. The van der Waals surface area contributed by atoms with Crippen LogP contribution in [0, 0.1) is 11.6 Å². The summed E-state index contributed by atoms with van der Waals surface area (Å²) >= 11 is 0. The molecule has 1 aromatic carbocycles. The van der Waals surface area contributed by atoms with Crippen LogP contribution in [0.2, 0.25) is 0 Å². The fourth-order valence-electron chi connectivity index (χ4n) is 1.73. The number of nitrogens with one attached hydrogen (secondary N) is 2. The van der Waals surface area contributed by atoms with Gasteiger partial charge in [-0.2, -0.15) is 5.10 Å². The molecular weight excluding hydrogens is 280 g/mol. The molecule has 112 valence electrons. The zero-order valence-electron chi connectivity index (χ0n) is 11.5. The molecule has 0 aliphatic heterocycles. The molecule has 0 spiro atoms. The van der Waals surface area contributed by atoms with E-state index >= 15 is 0 Å². The van der Waals surface area contributed by atoms with Gasteiger partial charge in [0.2, 0.25) is 0 Å². The molecule has 0 atom stereocenters. The van der Waals surface area contributed by atoms with Crippen molar-refractivity contribution in [1.29, 1.82) is 0 Å². The molecule has 8 heteroatoms. The maximum atomic E-state index is 13.5. The Morgan fingerprint density at radius 3 is 2.43 bits per heavy atom. The molecule has 2 rings (SSSR count). The molecule has 0 radical (unpaired) electrons. The number of hydrogen-bond donors (Lipinski definition) is 3. The van der Waals surface area contributed by atoms with Crippen molar-refractivity contribution < 1.29 is 13.6 Å². The lowest BCUT2D eigenvalue weighted by atomic mass is 10.1. The Morgan fingerprint density at radius 1 is 1.33 bits per heavy atom. The van der Waals surface area contributed by atoms with E-state index in [-0.39, 0.29) is 11.6 Å². The average molecular weight is 295 g/mol. The van der Waals surface area contributed by atoms with Crippen molar-refractivity contribution in [2.45, 2.75) is 19.9 Å². The van der Waals surface area contributed by atoms with Gasteiger partial charge in [-0.25, -0.2) is 8.78 Å². The van der Waals surface area contributed by atoms with Crippen LogP contribution in [0.25, 0.3) is 0 Å². The number of nitrogen functional groups attached to an aromatic ring is 1. The van der Waals surface area contributed by atoms with E-state index in [1.54, 1.807) is 10.9 Å². The summed E-state index contributed by atoms with van der Waals surface area (Å²) in [7, 11) is 0. The number of halogens is 2. The molecule has 0 unspecified atom stereocenters. The smallest absolute Gasteiger partial charge is 0.255 e. The Kier molecular flexibility index (Phi) is 4.18. The van der Waals surface area contributed by atoms with Gasteiger partial charge in [0.15, 0.2) is 11.6 Å². The van der Waals surface area contributed by atoms with Gasteiger partial charge in [0.1, 0.15) is 5.69 Å². The summed E-state index contributed by atoms with van der Waals surface area (Å²) in [6.07, 6.45) is 3.09. The summed E-state index contributed by atoms with van der Waals surface area (Å²) in [5.41, 5.74) is 1.70. The fraction of sp³-hybridized carbons (Fsp3) is 0.231. The lowest BCUT2D eigenvalue weighted by molar-refractivity contribution is 0.102. The third-order valence-corrected chi connectivity index (χ3v) is 2.84. The Bertz CT molecular complexity index is 645. The Labute approximate surface area is 119 Å². The fourth-order valence-corrected chi connectivity index (χ4v) is 1.73. The number of rotatable bonds is 4. The van der Waals surface area contributed by atoms with Crippen molar-refractivity contribution in [2.24, 2.45) is 5.84 Å². The highest BCUT2D eigenvalue weighted by Gasteiger charge is 2.15. The molecule has 4 N–H and O–H groups in total. The normalized spacial score (nSPS) is 10.8. The number of anilines is 2. The summed E-state index contributed by atoms with van der Waals surface area (Å²) in [5, 5.41) is 6.57. The lowest BCUT2D eigenvalue weighted by Crippen LogP contribution is -2.15. The van der Waals surface area contributed by atoms with Crippen molar-refractivity contribution >= 4 is 17.3 Å². The van der Waals surface area contributed by atoms with Crippen LogP contribution in [-0.4, -0.2) is 15.7 Å². The Balaban J connectivity index is 2.20. The highest BCUT2D eigenvalue weighted by molar-refractivity contribution is 6.04. The first-order chi connectivity index (χ1) is 9.92. The van der Waals surface area contributed by atoms with Crippen molar-refractivity contribution in [1.82, 2.24) is 9.78 Å². The van der Waals surface area contributed by atoms with Crippen molar-refractivity contribution in [3.8, 4) is 0 Å².